The van der Waals surface area contributed by atoms with Gasteiger partial charge in [0.25, 0.3) is 0 Å². The highest BCUT2D eigenvalue weighted by Gasteiger charge is 2.23. The van der Waals surface area contributed by atoms with Crippen molar-refractivity contribution in [2.45, 2.75) is 45.4 Å². The first-order chi connectivity index (χ1) is 15.0. The summed E-state index contributed by atoms with van der Waals surface area (Å²) in [6.45, 7) is 7.11. The zero-order valence-corrected chi connectivity index (χ0v) is 18.2. The van der Waals surface area contributed by atoms with Crippen molar-refractivity contribution in [3.05, 3.63) is 69.4 Å². The van der Waals surface area contributed by atoms with E-state index in [-0.39, 0.29) is 22.5 Å². The average molecular weight is 420 g/mol. The summed E-state index contributed by atoms with van der Waals surface area (Å²) in [5, 5.41) is 10.1. The molecule has 1 aromatic heterocycles. The summed E-state index contributed by atoms with van der Waals surface area (Å²) in [5.41, 5.74) is 2.18. The number of piperidine rings is 1. The second-order valence-corrected chi connectivity index (χ2v) is 8.55. The fraction of sp³-hybridized carbons (Fsp3) is 0.385. The Hall–Kier alpha value is -2.92. The molecule has 0 spiro atoms. The number of carboxylic acids is 1. The van der Waals surface area contributed by atoms with Crippen molar-refractivity contribution >= 4 is 16.9 Å². The van der Waals surface area contributed by atoms with E-state index in [0.717, 1.165) is 37.2 Å². The van der Waals surface area contributed by atoms with E-state index in [9.17, 15) is 14.7 Å². The Morgan fingerprint density at radius 1 is 1.10 bits per heavy atom. The third-order valence-electron chi connectivity index (χ3n) is 6.43. The van der Waals surface area contributed by atoms with Crippen molar-refractivity contribution in [1.29, 1.82) is 0 Å². The standard InChI is InChI=1S/C26H29NO4/c1-17(13-16-27-14-7-4-8-15-27)20-11-12-21(26(29)30)25-22(20)23(28)18(2)24(31-25)19-9-5-3-6-10-19/h3,5-6,9-12,17H,4,7-8,13-16H2,1-2H3,(H,29,30). The first-order valence-electron chi connectivity index (χ1n) is 11.1. The van der Waals surface area contributed by atoms with Gasteiger partial charge in [0, 0.05) is 11.1 Å². The summed E-state index contributed by atoms with van der Waals surface area (Å²) >= 11 is 0. The molecule has 3 aromatic rings. The maximum Gasteiger partial charge on any atom is 0.339 e. The quantitative estimate of drug-likeness (QED) is 0.576. The molecule has 1 saturated heterocycles. The monoisotopic (exact) mass is 419 g/mol. The average Bonchev–Trinajstić information content (AvgIpc) is 2.80. The van der Waals surface area contributed by atoms with E-state index in [4.69, 9.17) is 4.42 Å². The highest BCUT2D eigenvalue weighted by atomic mass is 16.4. The molecule has 5 heteroatoms. The number of nitrogens with zero attached hydrogens (tertiary/aromatic N) is 1. The maximum atomic E-state index is 13.5. The molecule has 31 heavy (non-hydrogen) atoms. The largest absolute Gasteiger partial charge is 0.478 e. The molecule has 2 heterocycles. The van der Waals surface area contributed by atoms with Crippen molar-refractivity contribution in [1.82, 2.24) is 4.90 Å². The van der Waals surface area contributed by atoms with Crippen LogP contribution in [0.15, 0.2) is 51.7 Å². The molecular weight excluding hydrogens is 390 g/mol. The summed E-state index contributed by atoms with van der Waals surface area (Å²) in [6, 6.07) is 12.7. The number of rotatable bonds is 6. The lowest BCUT2D eigenvalue weighted by Crippen LogP contribution is -2.31. The Balaban J connectivity index is 1.80. The van der Waals surface area contributed by atoms with Gasteiger partial charge in [-0.2, -0.15) is 0 Å². The van der Waals surface area contributed by atoms with Crippen molar-refractivity contribution in [3.63, 3.8) is 0 Å². The van der Waals surface area contributed by atoms with E-state index in [1.807, 2.05) is 30.3 Å². The molecule has 1 aliphatic rings. The lowest BCUT2D eigenvalue weighted by molar-refractivity contribution is 0.0698. The number of aromatic carboxylic acids is 1. The SMILES string of the molecule is Cc1c(-c2ccccc2)oc2c(C(=O)O)ccc(C(C)CCN3CCCCC3)c2c1=O. The van der Waals surface area contributed by atoms with Gasteiger partial charge >= 0.3 is 5.97 Å². The summed E-state index contributed by atoms with van der Waals surface area (Å²) in [6.07, 6.45) is 4.71. The second-order valence-electron chi connectivity index (χ2n) is 8.55. The molecule has 1 atom stereocenters. The number of hydrogen-bond acceptors (Lipinski definition) is 4. The van der Waals surface area contributed by atoms with Crippen molar-refractivity contribution in [2.75, 3.05) is 19.6 Å². The smallest absolute Gasteiger partial charge is 0.339 e. The molecule has 2 aromatic carbocycles. The van der Waals surface area contributed by atoms with Crippen LogP contribution in [0.2, 0.25) is 0 Å². The molecule has 5 nitrogen and oxygen atoms in total. The Labute approximate surface area is 182 Å². The highest BCUT2D eigenvalue weighted by molar-refractivity contribution is 6.02. The fourth-order valence-corrected chi connectivity index (χ4v) is 4.57. The third-order valence-corrected chi connectivity index (χ3v) is 6.43. The van der Waals surface area contributed by atoms with Crippen LogP contribution in [0.1, 0.15) is 60.0 Å². The van der Waals surface area contributed by atoms with Gasteiger partial charge in [-0.15, -0.1) is 0 Å². The fourth-order valence-electron chi connectivity index (χ4n) is 4.57. The van der Waals surface area contributed by atoms with Crippen LogP contribution in [-0.4, -0.2) is 35.6 Å². The van der Waals surface area contributed by atoms with Crippen LogP contribution >= 0.6 is 0 Å². The number of carboxylic acid groups (broad SMARTS) is 1. The van der Waals surface area contributed by atoms with Gasteiger partial charge in [-0.05, 0) is 63.4 Å². The first kappa shape index (κ1) is 21.3. The van der Waals surface area contributed by atoms with Gasteiger partial charge in [-0.1, -0.05) is 49.7 Å². The van der Waals surface area contributed by atoms with Crippen LogP contribution < -0.4 is 5.43 Å². The Bertz CT molecular complexity index is 1140. The Morgan fingerprint density at radius 3 is 2.48 bits per heavy atom. The van der Waals surface area contributed by atoms with Crippen LogP contribution in [0.25, 0.3) is 22.3 Å². The predicted octanol–water partition coefficient (Wildman–Crippen LogP) is 5.45. The molecule has 0 radical (unpaired) electrons. The van der Waals surface area contributed by atoms with Gasteiger partial charge in [0.15, 0.2) is 11.0 Å². The summed E-state index contributed by atoms with van der Waals surface area (Å²) in [5.74, 6) is -0.542. The van der Waals surface area contributed by atoms with Crippen LogP contribution in [0.3, 0.4) is 0 Å². The first-order valence-corrected chi connectivity index (χ1v) is 11.1. The molecule has 1 fully saturated rings. The van der Waals surface area contributed by atoms with E-state index in [0.29, 0.717) is 16.7 Å². The zero-order chi connectivity index (χ0) is 22.0. The molecule has 1 aliphatic heterocycles. The minimum absolute atomic E-state index is 0.0243. The molecular formula is C26H29NO4. The molecule has 4 rings (SSSR count). The minimum Gasteiger partial charge on any atom is -0.478 e. The van der Waals surface area contributed by atoms with E-state index >= 15 is 0 Å². The van der Waals surface area contributed by atoms with Crippen LogP contribution in [0.4, 0.5) is 0 Å². The highest BCUT2D eigenvalue weighted by Crippen LogP contribution is 2.33. The molecule has 0 saturated carbocycles. The van der Waals surface area contributed by atoms with Crippen molar-refractivity contribution in [3.8, 4) is 11.3 Å². The van der Waals surface area contributed by atoms with E-state index < -0.39 is 5.97 Å². The van der Waals surface area contributed by atoms with Crippen molar-refractivity contribution < 1.29 is 14.3 Å². The molecule has 162 valence electrons. The van der Waals surface area contributed by atoms with Crippen LogP contribution in [0.5, 0.6) is 0 Å². The Morgan fingerprint density at radius 2 is 1.81 bits per heavy atom. The van der Waals surface area contributed by atoms with Gasteiger partial charge in [0.2, 0.25) is 0 Å². The van der Waals surface area contributed by atoms with Crippen LogP contribution in [-0.2, 0) is 0 Å². The Kier molecular flexibility index (Phi) is 6.23. The van der Waals surface area contributed by atoms with Gasteiger partial charge in [0.05, 0.1) is 5.39 Å². The lowest BCUT2D eigenvalue weighted by Gasteiger charge is -2.27. The topological polar surface area (TPSA) is 70.8 Å². The number of carbonyl (C=O) groups is 1. The number of fused-ring (bicyclic) bond motifs is 1. The minimum atomic E-state index is -1.09. The lowest BCUT2D eigenvalue weighted by atomic mass is 9.91. The van der Waals surface area contributed by atoms with Gasteiger partial charge in [-0.25, -0.2) is 4.79 Å². The van der Waals surface area contributed by atoms with E-state index in [2.05, 4.69) is 11.8 Å². The molecule has 0 bridgehead atoms. The number of benzene rings is 2. The zero-order valence-electron chi connectivity index (χ0n) is 18.2. The number of likely N-dealkylation sites (tertiary alicyclic amines) is 1. The third kappa shape index (κ3) is 4.28. The van der Waals surface area contributed by atoms with Crippen molar-refractivity contribution in [2.24, 2.45) is 0 Å². The summed E-state index contributed by atoms with van der Waals surface area (Å²) in [4.78, 5) is 27.8. The second kappa shape index (κ2) is 9.06. The van der Waals surface area contributed by atoms with Gasteiger partial charge < -0.3 is 14.4 Å². The number of hydrogen-bond donors (Lipinski definition) is 1. The summed E-state index contributed by atoms with van der Waals surface area (Å²) < 4.78 is 6.15. The predicted molar refractivity (Wildman–Crippen MR) is 123 cm³/mol. The maximum absolute atomic E-state index is 13.5. The van der Waals surface area contributed by atoms with Crippen LogP contribution in [0, 0.1) is 6.92 Å². The van der Waals surface area contributed by atoms with Gasteiger partial charge in [-0.3, -0.25) is 4.79 Å². The molecule has 0 amide bonds. The van der Waals surface area contributed by atoms with E-state index in [1.165, 1.54) is 19.3 Å². The van der Waals surface area contributed by atoms with E-state index in [1.54, 1.807) is 19.1 Å². The summed E-state index contributed by atoms with van der Waals surface area (Å²) in [7, 11) is 0. The normalized spacial score (nSPS) is 15.8. The molecule has 1 N–H and O–H groups in total. The molecule has 1 unspecified atom stereocenters. The van der Waals surface area contributed by atoms with Gasteiger partial charge in [0.1, 0.15) is 11.3 Å². The molecule has 0 aliphatic carbocycles.